The van der Waals surface area contributed by atoms with Crippen molar-refractivity contribution >= 4 is 0 Å². The Morgan fingerprint density at radius 2 is 2.50 bits per heavy atom. The Morgan fingerprint density at radius 1 is 1.80 bits per heavy atom. The van der Waals surface area contributed by atoms with Gasteiger partial charge in [0.1, 0.15) is 0 Å². The van der Waals surface area contributed by atoms with E-state index < -0.39 is 0 Å². The molecule has 10 heavy (non-hydrogen) atoms. The Bertz CT molecular complexity index is 167. The summed E-state index contributed by atoms with van der Waals surface area (Å²) in [7, 11) is 0. The van der Waals surface area contributed by atoms with Crippen LogP contribution >= 0.6 is 0 Å². The summed E-state index contributed by atoms with van der Waals surface area (Å²) in [4.78, 5) is 0. The van der Waals surface area contributed by atoms with E-state index in [1.54, 1.807) is 0 Å². The quantitative estimate of drug-likeness (QED) is 0.164. The van der Waals surface area contributed by atoms with E-state index in [9.17, 15) is 0 Å². The van der Waals surface area contributed by atoms with Gasteiger partial charge in [0.2, 0.25) is 0 Å². The molecule has 1 aliphatic rings. The summed E-state index contributed by atoms with van der Waals surface area (Å²) in [6, 6.07) is 0. The van der Waals surface area contributed by atoms with Gasteiger partial charge in [0.15, 0.2) is 0 Å². The zero-order valence-electron chi connectivity index (χ0n) is 6.48. The molecule has 0 saturated carbocycles. The fourth-order valence-corrected chi connectivity index (χ4v) is 0.834. The van der Waals surface area contributed by atoms with Crippen molar-refractivity contribution in [3.05, 3.63) is 18.1 Å². The molecule has 0 aromatic carbocycles. The van der Waals surface area contributed by atoms with Crippen molar-refractivity contribution < 1.29 is 23.6 Å². The van der Waals surface area contributed by atoms with Gasteiger partial charge in [0.25, 0.3) is 0 Å². The second-order valence-electron chi connectivity index (χ2n) is 2.22. The molecule has 0 amide bonds. The van der Waals surface area contributed by atoms with Crippen LogP contribution in [-0.2, 0) is 4.74 Å². The van der Waals surface area contributed by atoms with Crippen LogP contribution in [0.1, 0.15) is 13.3 Å². The van der Waals surface area contributed by atoms with Crippen molar-refractivity contribution in [3.8, 4) is 5.92 Å². The number of ether oxygens (including phenoxy) is 1. The minimum absolute atomic E-state index is 0. The molecule has 0 aliphatic carbocycles. The standard InChI is InChI=1S/C8H9O.Li/c1-3-8-6-7(2)4-5-9-8;/h4,8H,5-6H2,2H3;/q-1;+1/t8-;/m1./s1. The van der Waals surface area contributed by atoms with Crippen LogP contribution in [0.25, 0.3) is 0 Å². The Hall–Kier alpha value is -0.143. The summed E-state index contributed by atoms with van der Waals surface area (Å²) in [6.45, 7) is 2.69. The van der Waals surface area contributed by atoms with E-state index in [0.29, 0.717) is 6.61 Å². The van der Waals surface area contributed by atoms with E-state index in [4.69, 9.17) is 11.2 Å². The molecule has 0 saturated heterocycles. The molecule has 0 aromatic heterocycles. The maximum atomic E-state index is 6.78. The first-order valence-electron chi connectivity index (χ1n) is 3.02. The molecule has 0 bridgehead atoms. The van der Waals surface area contributed by atoms with Crippen LogP contribution < -0.4 is 18.9 Å². The summed E-state index contributed by atoms with van der Waals surface area (Å²) in [5.41, 5.74) is 1.30. The molecule has 1 atom stereocenters. The fraction of sp³-hybridized carbons (Fsp3) is 0.500. The first-order valence-corrected chi connectivity index (χ1v) is 3.02. The van der Waals surface area contributed by atoms with Crippen molar-refractivity contribution in [2.45, 2.75) is 19.4 Å². The normalized spacial score (nSPS) is 24.0. The summed E-state index contributed by atoms with van der Waals surface area (Å²) >= 11 is 0. The van der Waals surface area contributed by atoms with Crippen molar-refractivity contribution in [3.63, 3.8) is 0 Å². The Labute approximate surface area is 74.0 Å². The van der Waals surface area contributed by atoms with Gasteiger partial charge in [-0.25, -0.2) is 0 Å². The van der Waals surface area contributed by atoms with Crippen molar-refractivity contribution in [2.24, 2.45) is 0 Å². The van der Waals surface area contributed by atoms with Crippen LogP contribution in [0, 0.1) is 12.3 Å². The number of hydrogen-bond donors (Lipinski definition) is 0. The topological polar surface area (TPSA) is 9.23 Å². The molecule has 1 nitrogen and oxygen atoms in total. The van der Waals surface area contributed by atoms with Gasteiger partial charge in [0.05, 0.1) is 12.7 Å². The first kappa shape index (κ1) is 9.86. The molecule has 2 heteroatoms. The van der Waals surface area contributed by atoms with Gasteiger partial charge in [-0.2, -0.15) is 0 Å². The van der Waals surface area contributed by atoms with Crippen molar-refractivity contribution in [1.29, 1.82) is 0 Å². The third-order valence-corrected chi connectivity index (χ3v) is 1.40. The molecule has 48 valence electrons. The van der Waals surface area contributed by atoms with Gasteiger partial charge in [-0.05, 0) is 6.92 Å². The first-order chi connectivity index (χ1) is 4.33. The van der Waals surface area contributed by atoms with Crippen LogP contribution in [-0.4, -0.2) is 12.7 Å². The summed E-state index contributed by atoms with van der Waals surface area (Å²) < 4.78 is 5.12. The average molecular weight is 128 g/mol. The molecule has 0 spiro atoms. The van der Waals surface area contributed by atoms with Crippen LogP contribution in [0.4, 0.5) is 0 Å². The third-order valence-electron chi connectivity index (χ3n) is 1.40. The van der Waals surface area contributed by atoms with Crippen molar-refractivity contribution in [2.75, 3.05) is 6.61 Å². The largest absolute Gasteiger partial charge is 1.00 e. The van der Waals surface area contributed by atoms with Crippen LogP contribution in [0.15, 0.2) is 11.6 Å². The minimum atomic E-state index is -0.0880. The van der Waals surface area contributed by atoms with Crippen LogP contribution in [0.3, 0.4) is 0 Å². The predicted octanol–water partition coefficient (Wildman–Crippen LogP) is -1.68. The van der Waals surface area contributed by atoms with E-state index in [2.05, 4.69) is 5.92 Å². The molecular weight excluding hydrogens is 119 g/mol. The number of rotatable bonds is 0. The molecule has 0 unspecified atom stereocenters. The van der Waals surface area contributed by atoms with E-state index in [1.807, 2.05) is 13.0 Å². The molecule has 1 aliphatic heterocycles. The van der Waals surface area contributed by atoms with Gasteiger partial charge in [-0.15, -0.1) is 0 Å². The molecule has 0 N–H and O–H groups in total. The SMILES string of the molecule is [C-]#C[C@@H]1CC(C)=CCO1.[Li+]. The van der Waals surface area contributed by atoms with E-state index in [1.165, 1.54) is 5.57 Å². The van der Waals surface area contributed by atoms with Crippen LogP contribution in [0.2, 0.25) is 0 Å². The van der Waals surface area contributed by atoms with E-state index in [-0.39, 0.29) is 25.0 Å². The maximum absolute atomic E-state index is 6.78. The summed E-state index contributed by atoms with van der Waals surface area (Å²) in [6.07, 6.45) is 9.57. The molecule has 0 radical (unpaired) electrons. The smallest absolute Gasteiger partial charge is 0.691 e. The van der Waals surface area contributed by atoms with Gasteiger partial charge >= 0.3 is 18.9 Å². The minimum Gasteiger partial charge on any atom is -0.691 e. The number of hydrogen-bond acceptors (Lipinski definition) is 1. The molecule has 0 fully saturated rings. The maximum Gasteiger partial charge on any atom is 1.00 e. The Kier molecular flexibility index (Phi) is 4.57. The van der Waals surface area contributed by atoms with Gasteiger partial charge < -0.3 is 17.1 Å². The third kappa shape index (κ3) is 2.63. The zero-order valence-corrected chi connectivity index (χ0v) is 6.48. The monoisotopic (exact) mass is 128 g/mol. The zero-order chi connectivity index (χ0) is 6.69. The molecule has 1 rings (SSSR count). The van der Waals surface area contributed by atoms with Gasteiger partial charge in [0, 0.05) is 6.42 Å². The molecule has 1 heterocycles. The second-order valence-corrected chi connectivity index (χ2v) is 2.22. The average Bonchev–Trinajstić information content (AvgIpc) is 1.88. The Morgan fingerprint density at radius 3 is 2.90 bits per heavy atom. The molecule has 0 aromatic rings. The summed E-state index contributed by atoms with van der Waals surface area (Å²) in [5, 5.41) is 0. The van der Waals surface area contributed by atoms with E-state index in [0.717, 1.165) is 6.42 Å². The predicted molar refractivity (Wildman–Crippen MR) is 35.2 cm³/mol. The second kappa shape index (κ2) is 4.64. The van der Waals surface area contributed by atoms with Crippen LogP contribution in [0.5, 0.6) is 0 Å². The van der Waals surface area contributed by atoms with Gasteiger partial charge in [-0.1, -0.05) is 11.6 Å². The van der Waals surface area contributed by atoms with E-state index >= 15 is 0 Å². The van der Waals surface area contributed by atoms with Gasteiger partial charge in [-0.3, -0.25) is 0 Å². The van der Waals surface area contributed by atoms with Crippen molar-refractivity contribution in [1.82, 2.24) is 0 Å². The Balaban J connectivity index is 0.000000810. The molecular formula is C8H9LiO. The summed E-state index contributed by atoms with van der Waals surface area (Å²) in [5.74, 6) is 2.32. The fourth-order valence-electron chi connectivity index (χ4n) is 0.834.